The molecule has 0 spiro atoms. The van der Waals surface area contributed by atoms with E-state index in [9.17, 15) is 14.0 Å². The molecular weight excluding hydrogens is 248 g/mol. The summed E-state index contributed by atoms with van der Waals surface area (Å²) < 4.78 is 13.4. The molecule has 78 valence electrons. The lowest BCUT2D eigenvalue weighted by Gasteiger charge is -2.01. The third-order valence-electron chi connectivity index (χ3n) is 1.75. The molecule has 0 aliphatic rings. The van der Waals surface area contributed by atoms with E-state index in [2.05, 4.69) is 9.97 Å². The predicted molar refractivity (Wildman–Crippen MR) is 53.0 cm³/mol. The molecule has 8 heteroatoms. The Balaban J connectivity index is 3.17. The molecule has 0 saturated heterocycles. The fourth-order valence-electron chi connectivity index (χ4n) is 1.14. The molecule has 0 unspecified atom stereocenters. The summed E-state index contributed by atoms with van der Waals surface area (Å²) in [4.78, 5) is 29.6. The van der Waals surface area contributed by atoms with Gasteiger partial charge in [0.15, 0.2) is 11.0 Å². The van der Waals surface area contributed by atoms with Gasteiger partial charge in [-0.1, -0.05) is 23.2 Å². The van der Waals surface area contributed by atoms with Crippen molar-refractivity contribution < 1.29 is 4.39 Å². The SMILES string of the molecule is O=c1[nH]c(=O)c2c(Cl)nc(Cl)c(F)c2[nH]1. The molecular formula is C7H2Cl2FN3O2. The van der Waals surface area contributed by atoms with E-state index in [4.69, 9.17) is 23.2 Å². The third-order valence-corrected chi connectivity index (χ3v) is 2.27. The van der Waals surface area contributed by atoms with Gasteiger partial charge in [0.1, 0.15) is 10.5 Å². The smallest absolute Gasteiger partial charge is 0.304 e. The van der Waals surface area contributed by atoms with Gasteiger partial charge in [-0.25, -0.2) is 14.2 Å². The number of fused-ring (bicyclic) bond motifs is 1. The standard InChI is InChI=1S/C7H2Cl2FN3O2/c8-4-1-3(2(10)5(9)12-4)11-7(15)13-6(1)14/h(H2,11,13,14,15). The second-order valence-corrected chi connectivity index (χ2v) is 3.38. The van der Waals surface area contributed by atoms with Crippen LogP contribution < -0.4 is 11.2 Å². The average Bonchev–Trinajstić information content (AvgIpc) is 2.12. The second kappa shape index (κ2) is 3.32. The van der Waals surface area contributed by atoms with E-state index in [0.717, 1.165) is 0 Å². The van der Waals surface area contributed by atoms with Crippen LogP contribution in [0.3, 0.4) is 0 Å². The highest BCUT2D eigenvalue weighted by atomic mass is 35.5. The average molecular weight is 250 g/mol. The molecule has 0 aliphatic carbocycles. The highest BCUT2D eigenvalue weighted by Gasteiger charge is 2.15. The monoisotopic (exact) mass is 249 g/mol. The van der Waals surface area contributed by atoms with Crippen LogP contribution in [-0.4, -0.2) is 15.0 Å². The molecule has 0 fully saturated rings. The van der Waals surface area contributed by atoms with Crippen molar-refractivity contribution in [2.45, 2.75) is 0 Å². The van der Waals surface area contributed by atoms with Gasteiger partial charge in [0.2, 0.25) is 0 Å². The van der Waals surface area contributed by atoms with Gasteiger partial charge in [0.05, 0.1) is 5.52 Å². The van der Waals surface area contributed by atoms with Crippen LogP contribution in [0.5, 0.6) is 0 Å². The number of aromatic nitrogens is 3. The fraction of sp³-hybridized carbons (Fsp3) is 0. The Kier molecular flexibility index (Phi) is 2.24. The number of aromatic amines is 2. The van der Waals surface area contributed by atoms with E-state index in [1.54, 1.807) is 0 Å². The van der Waals surface area contributed by atoms with E-state index in [1.807, 2.05) is 4.98 Å². The van der Waals surface area contributed by atoms with Gasteiger partial charge in [0, 0.05) is 0 Å². The van der Waals surface area contributed by atoms with E-state index < -0.39 is 22.2 Å². The first kappa shape index (κ1) is 10.1. The van der Waals surface area contributed by atoms with Gasteiger partial charge in [-0.05, 0) is 0 Å². The van der Waals surface area contributed by atoms with Crippen LogP contribution in [0.15, 0.2) is 9.59 Å². The summed E-state index contributed by atoms with van der Waals surface area (Å²) in [5, 5.41) is -1.01. The van der Waals surface area contributed by atoms with Crippen LogP contribution in [0.1, 0.15) is 0 Å². The molecule has 0 aliphatic heterocycles. The lowest BCUT2D eigenvalue weighted by Crippen LogP contribution is -2.23. The highest BCUT2D eigenvalue weighted by molar-refractivity contribution is 6.36. The van der Waals surface area contributed by atoms with Crippen molar-refractivity contribution in [3.63, 3.8) is 0 Å². The molecule has 0 bridgehead atoms. The number of H-pyrrole nitrogens is 2. The molecule has 5 nitrogen and oxygen atoms in total. The van der Waals surface area contributed by atoms with Gasteiger partial charge in [-0.3, -0.25) is 9.78 Å². The maximum absolute atomic E-state index is 13.4. The molecule has 2 N–H and O–H groups in total. The summed E-state index contributed by atoms with van der Waals surface area (Å²) in [7, 11) is 0. The Morgan fingerprint density at radius 2 is 1.80 bits per heavy atom. The number of rotatable bonds is 0. The van der Waals surface area contributed by atoms with Gasteiger partial charge in [-0.15, -0.1) is 0 Å². The molecule has 2 aromatic heterocycles. The van der Waals surface area contributed by atoms with Crippen molar-refractivity contribution in [3.05, 3.63) is 37.0 Å². The first-order valence-corrected chi connectivity index (χ1v) is 4.43. The zero-order valence-electron chi connectivity index (χ0n) is 6.90. The van der Waals surface area contributed by atoms with Crippen molar-refractivity contribution in [1.82, 2.24) is 15.0 Å². The number of halogens is 3. The van der Waals surface area contributed by atoms with Crippen molar-refractivity contribution in [2.75, 3.05) is 0 Å². The predicted octanol–water partition coefficient (Wildman–Crippen LogP) is 1.06. The number of hydrogen-bond acceptors (Lipinski definition) is 3. The number of pyridine rings is 1. The Labute approximate surface area is 90.9 Å². The topological polar surface area (TPSA) is 78.6 Å². The van der Waals surface area contributed by atoms with Crippen LogP contribution in [0.4, 0.5) is 4.39 Å². The lowest BCUT2D eigenvalue weighted by atomic mass is 10.3. The minimum Gasteiger partial charge on any atom is -0.304 e. The number of nitrogens with one attached hydrogen (secondary N) is 2. The molecule has 0 atom stereocenters. The third kappa shape index (κ3) is 1.51. The summed E-state index contributed by atoms with van der Waals surface area (Å²) in [5.74, 6) is -0.987. The molecule has 0 radical (unpaired) electrons. The zero-order valence-corrected chi connectivity index (χ0v) is 8.41. The van der Waals surface area contributed by atoms with Gasteiger partial charge in [0.25, 0.3) is 5.56 Å². The summed E-state index contributed by atoms with van der Waals surface area (Å²) in [5.41, 5.74) is -2.01. The Bertz CT molecular complexity index is 664. The lowest BCUT2D eigenvalue weighted by molar-refractivity contribution is 0.630. The molecule has 0 saturated carbocycles. The van der Waals surface area contributed by atoms with Gasteiger partial charge < -0.3 is 4.98 Å². The molecule has 2 heterocycles. The molecule has 0 amide bonds. The normalized spacial score (nSPS) is 10.9. The van der Waals surface area contributed by atoms with Crippen LogP contribution in [0, 0.1) is 5.82 Å². The van der Waals surface area contributed by atoms with Gasteiger partial charge in [-0.2, -0.15) is 0 Å². The zero-order chi connectivity index (χ0) is 11.2. The van der Waals surface area contributed by atoms with Crippen LogP contribution in [-0.2, 0) is 0 Å². The van der Waals surface area contributed by atoms with Crippen LogP contribution in [0.2, 0.25) is 10.3 Å². The maximum atomic E-state index is 13.4. The number of nitrogens with zero attached hydrogens (tertiary/aromatic N) is 1. The number of hydrogen-bond donors (Lipinski definition) is 2. The molecule has 2 aromatic rings. The maximum Gasteiger partial charge on any atom is 0.326 e. The quantitative estimate of drug-likeness (QED) is 0.686. The van der Waals surface area contributed by atoms with Crippen molar-refractivity contribution in [2.24, 2.45) is 0 Å². The summed E-state index contributed by atoms with van der Waals surface area (Å²) >= 11 is 11.0. The Morgan fingerprint density at radius 1 is 1.13 bits per heavy atom. The Morgan fingerprint density at radius 3 is 2.47 bits per heavy atom. The van der Waals surface area contributed by atoms with Crippen molar-refractivity contribution in [1.29, 1.82) is 0 Å². The summed E-state index contributed by atoms with van der Waals surface area (Å²) in [6.45, 7) is 0. The van der Waals surface area contributed by atoms with E-state index in [1.165, 1.54) is 0 Å². The van der Waals surface area contributed by atoms with Gasteiger partial charge >= 0.3 is 5.69 Å². The summed E-state index contributed by atoms with van der Waals surface area (Å²) in [6, 6.07) is 0. The molecule has 2 rings (SSSR count). The van der Waals surface area contributed by atoms with Crippen LogP contribution >= 0.6 is 23.2 Å². The highest BCUT2D eigenvalue weighted by Crippen LogP contribution is 2.23. The molecule has 0 aromatic carbocycles. The van der Waals surface area contributed by atoms with Crippen molar-refractivity contribution >= 4 is 34.1 Å². The largest absolute Gasteiger partial charge is 0.326 e. The minimum absolute atomic E-state index is 0.238. The van der Waals surface area contributed by atoms with E-state index in [-0.39, 0.29) is 16.1 Å². The fourth-order valence-corrected chi connectivity index (χ4v) is 1.63. The van der Waals surface area contributed by atoms with Crippen molar-refractivity contribution in [3.8, 4) is 0 Å². The van der Waals surface area contributed by atoms with E-state index in [0.29, 0.717) is 0 Å². The minimum atomic E-state index is -0.987. The molecule has 15 heavy (non-hydrogen) atoms. The Hall–Kier alpha value is -1.40. The summed E-state index contributed by atoms with van der Waals surface area (Å²) in [6.07, 6.45) is 0. The first-order valence-electron chi connectivity index (χ1n) is 3.67. The van der Waals surface area contributed by atoms with Crippen LogP contribution in [0.25, 0.3) is 10.9 Å². The second-order valence-electron chi connectivity index (χ2n) is 2.67. The van der Waals surface area contributed by atoms with E-state index >= 15 is 0 Å². The first-order chi connectivity index (χ1) is 7.00.